The Bertz CT molecular complexity index is 2780. The van der Waals surface area contributed by atoms with Crippen LogP contribution in [0.5, 0.6) is 23.0 Å². The van der Waals surface area contributed by atoms with E-state index in [-0.39, 0.29) is 73.7 Å². The highest BCUT2D eigenvalue weighted by atomic mass is 35.5. The van der Waals surface area contributed by atoms with Gasteiger partial charge in [0.2, 0.25) is 10.0 Å². The third-order valence-electron chi connectivity index (χ3n) is 9.51. The number of nitrogens with one attached hydrogen (secondary N) is 1. The summed E-state index contributed by atoms with van der Waals surface area (Å²) < 4.78 is 80.5. The second-order valence-electron chi connectivity index (χ2n) is 12.7. The molecule has 5 aromatic rings. The molecular formula is C39H36ClN5O12S2. The number of anilines is 1. The normalized spacial score (nSPS) is 13.1. The van der Waals surface area contributed by atoms with Crippen LogP contribution in [0.4, 0.5) is 17.1 Å². The van der Waals surface area contributed by atoms with E-state index in [1.807, 2.05) is 0 Å². The number of rotatable bonds is 14. The molecule has 17 nitrogen and oxygen atoms in total. The number of sulfonamides is 1. The van der Waals surface area contributed by atoms with Crippen molar-refractivity contribution in [1.82, 2.24) is 9.21 Å². The minimum Gasteiger partial charge on any atom is -0.505 e. The number of halogens is 1. The van der Waals surface area contributed by atoms with Crippen molar-refractivity contribution in [1.29, 1.82) is 0 Å². The zero-order chi connectivity index (χ0) is 43.0. The van der Waals surface area contributed by atoms with Gasteiger partial charge in [0.25, 0.3) is 27.8 Å². The molecule has 0 saturated carbocycles. The lowest BCUT2D eigenvalue weighted by Crippen LogP contribution is -2.30. The molecule has 0 saturated heterocycles. The number of azo groups is 1. The summed E-state index contributed by atoms with van der Waals surface area (Å²) in [5.74, 6) is -2.90. The number of hydrogen-bond acceptors (Lipinski definition) is 13. The molecule has 1 heterocycles. The summed E-state index contributed by atoms with van der Waals surface area (Å²) in [5.41, 5.74) is -1.01. The minimum atomic E-state index is -5.13. The Hall–Kier alpha value is -6.12. The van der Waals surface area contributed by atoms with E-state index in [1.165, 1.54) is 68.1 Å². The lowest BCUT2D eigenvalue weighted by Gasteiger charge is -2.19. The van der Waals surface area contributed by atoms with Crippen molar-refractivity contribution < 1.29 is 55.1 Å². The first-order valence-electron chi connectivity index (χ1n) is 17.6. The van der Waals surface area contributed by atoms with Crippen molar-refractivity contribution in [2.45, 2.75) is 30.2 Å². The molecule has 0 aromatic heterocycles. The van der Waals surface area contributed by atoms with Gasteiger partial charge in [-0.25, -0.2) is 8.42 Å². The highest BCUT2D eigenvalue weighted by molar-refractivity contribution is 7.89. The third-order valence-corrected chi connectivity index (χ3v) is 12.7. The average molecular weight is 866 g/mol. The van der Waals surface area contributed by atoms with Crippen molar-refractivity contribution >= 4 is 77.3 Å². The van der Waals surface area contributed by atoms with Crippen LogP contribution >= 0.6 is 11.6 Å². The van der Waals surface area contributed by atoms with E-state index in [2.05, 4.69) is 15.5 Å². The molecule has 3 N–H and O–H groups in total. The summed E-state index contributed by atoms with van der Waals surface area (Å²) in [6, 6.07) is 15.9. The average Bonchev–Trinajstić information content (AvgIpc) is 3.44. The van der Waals surface area contributed by atoms with Gasteiger partial charge in [0.1, 0.15) is 33.5 Å². The van der Waals surface area contributed by atoms with Gasteiger partial charge in [-0.3, -0.25) is 23.8 Å². The molecule has 5 aromatic carbocycles. The van der Waals surface area contributed by atoms with E-state index in [9.17, 15) is 40.9 Å². The fourth-order valence-corrected chi connectivity index (χ4v) is 8.98. The summed E-state index contributed by atoms with van der Waals surface area (Å²) >= 11 is 6.34. The second-order valence-corrected chi connectivity index (χ2v) is 16.5. The SMILES string of the molecule is CCN(CC)S(=O)(=O)c1ccc(OC)c(N=Nc2c(O)c(C(=O)Nc3cc(Cl)c(OC)cc3OC)cc3c(CN4C(=O)c5ccccc5C4=O)ccc(S(=O)(=O)O)c23)c1. The Balaban J connectivity index is 1.61. The molecule has 0 atom stereocenters. The molecule has 6 rings (SSSR count). The molecule has 59 heavy (non-hydrogen) atoms. The largest absolute Gasteiger partial charge is 0.505 e. The third kappa shape index (κ3) is 7.89. The standard InChI is InChI=1S/C39H36ClN5O12S2/c1-6-44(7-2)58(50,51)22-13-14-30(55-3)29(16-22)42-43-35-34-25(17-26(36(35)46)37(47)41-28-18-27(40)31(56-4)19-32(28)57-5)21(12-15-33(34)59(52,53)54)20-45-38(48)23-10-8-9-11-24(23)39(45)49/h8-19,46H,6-7,20H2,1-5H3,(H,41,47)(H,52,53,54). The zero-order valence-corrected chi connectivity index (χ0v) is 34.4. The van der Waals surface area contributed by atoms with Gasteiger partial charge in [-0.1, -0.05) is 43.6 Å². The second kappa shape index (κ2) is 16.6. The molecule has 0 bridgehead atoms. The van der Waals surface area contributed by atoms with Crippen molar-refractivity contribution in [3.05, 3.63) is 100 Å². The molecule has 0 fully saturated rings. The predicted molar refractivity (Wildman–Crippen MR) is 216 cm³/mol. The highest BCUT2D eigenvalue weighted by Crippen LogP contribution is 2.46. The number of aromatic hydroxyl groups is 1. The van der Waals surface area contributed by atoms with E-state index < -0.39 is 71.7 Å². The van der Waals surface area contributed by atoms with Gasteiger partial charge in [-0.15, -0.1) is 10.2 Å². The lowest BCUT2D eigenvalue weighted by atomic mass is 9.98. The number of fused-ring (bicyclic) bond motifs is 2. The molecule has 20 heteroatoms. The summed E-state index contributed by atoms with van der Waals surface area (Å²) in [7, 11) is -5.18. The Labute approximate surface area is 343 Å². The first kappa shape index (κ1) is 42.5. The predicted octanol–water partition coefficient (Wildman–Crippen LogP) is 6.97. The fourth-order valence-electron chi connectivity index (χ4n) is 6.56. The van der Waals surface area contributed by atoms with Crippen molar-refractivity contribution in [3.8, 4) is 23.0 Å². The number of hydrogen-bond donors (Lipinski definition) is 3. The van der Waals surface area contributed by atoms with Crippen LogP contribution in [0.3, 0.4) is 0 Å². The number of imide groups is 1. The number of phenols is 1. The number of phenolic OH excluding ortho intramolecular Hbond substituents is 1. The number of benzene rings is 5. The van der Waals surface area contributed by atoms with Gasteiger partial charge in [0.05, 0.1) is 60.2 Å². The fraction of sp³-hybridized carbons (Fsp3) is 0.205. The van der Waals surface area contributed by atoms with Crippen LogP contribution in [-0.2, 0) is 26.7 Å². The molecule has 308 valence electrons. The maximum Gasteiger partial charge on any atom is 0.295 e. The number of ether oxygens (including phenoxy) is 3. The first-order chi connectivity index (χ1) is 28.0. The number of methoxy groups -OCH3 is 3. The Morgan fingerprint density at radius 1 is 0.831 bits per heavy atom. The number of carbonyl (C=O) groups is 3. The van der Waals surface area contributed by atoms with Crippen LogP contribution in [0.2, 0.25) is 5.02 Å². The maximum atomic E-state index is 14.2. The maximum absolute atomic E-state index is 14.2. The lowest BCUT2D eigenvalue weighted by molar-refractivity contribution is 0.0642. The van der Waals surface area contributed by atoms with E-state index in [0.717, 1.165) is 23.1 Å². The van der Waals surface area contributed by atoms with E-state index in [1.54, 1.807) is 26.0 Å². The molecule has 0 aliphatic carbocycles. The highest BCUT2D eigenvalue weighted by Gasteiger charge is 2.36. The topological polar surface area (TPSA) is 231 Å². The smallest absolute Gasteiger partial charge is 0.295 e. The summed E-state index contributed by atoms with van der Waals surface area (Å²) in [6.45, 7) is 3.19. The van der Waals surface area contributed by atoms with Crippen molar-refractivity contribution in [2.75, 3.05) is 39.7 Å². The van der Waals surface area contributed by atoms with Crippen LogP contribution < -0.4 is 19.5 Å². The van der Waals surface area contributed by atoms with Crippen LogP contribution in [0.25, 0.3) is 10.8 Å². The van der Waals surface area contributed by atoms with Crippen LogP contribution in [0.15, 0.2) is 92.8 Å². The molecule has 1 aliphatic rings. The summed E-state index contributed by atoms with van der Waals surface area (Å²) in [5, 5.41) is 22.3. The van der Waals surface area contributed by atoms with Gasteiger partial charge in [0.15, 0.2) is 5.75 Å². The van der Waals surface area contributed by atoms with Gasteiger partial charge in [0, 0.05) is 24.5 Å². The molecular weight excluding hydrogens is 830 g/mol. The Kier molecular flexibility index (Phi) is 12.0. The van der Waals surface area contributed by atoms with Crippen LogP contribution in [0.1, 0.15) is 50.5 Å². The van der Waals surface area contributed by atoms with Crippen LogP contribution in [0, 0.1) is 0 Å². The zero-order valence-electron chi connectivity index (χ0n) is 32.0. The van der Waals surface area contributed by atoms with Crippen LogP contribution in [-0.4, -0.2) is 87.8 Å². The molecule has 1 aliphatic heterocycles. The molecule has 0 radical (unpaired) electrons. The Morgan fingerprint density at radius 2 is 1.46 bits per heavy atom. The van der Waals surface area contributed by atoms with Gasteiger partial charge in [-0.05, 0) is 59.5 Å². The number of nitrogens with zero attached hydrogens (tertiary/aromatic N) is 4. The molecule has 0 unspecified atom stereocenters. The van der Waals surface area contributed by atoms with Crippen molar-refractivity contribution in [2.24, 2.45) is 10.2 Å². The minimum absolute atomic E-state index is 0.0229. The van der Waals surface area contributed by atoms with Gasteiger partial charge >= 0.3 is 0 Å². The van der Waals surface area contributed by atoms with E-state index in [4.69, 9.17) is 25.8 Å². The quantitative estimate of drug-likeness (QED) is 0.0584. The van der Waals surface area contributed by atoms with Gasteiger partial charge < -0.3 is 24.6 Å². The Morgan fingerprint density at radius 3 is 2.03 bits per heavy atom. The monoisotopic (exact) mass is 865 g/mol. The van der Waals surface area contributed by atoms with Crippen molar-refractivity contribution in [3.63, 3.8) is 0 Å². The first-order valence-corrected chi connectivity index (χ1v) is 20.8. The number of carbonyl (C=O) groups excluding carboxylic acids is 3. The molecule has 0 spiro atoms. The van der Waals surface area contributed by atoms with Gasteiger partial charge in [-0.2, -0.15) is 12.7 Å². The van der Waals surface area contributed by atoms with E-state index in [0.29, 0.717) is 0 Å². The van der Waals surface area contributed by atoms with E-state index >= 15 is 0 Å². The number of amides is 3. The molecule has 3 amide bonds. The summed E-state index contributed by atoms with van der Waals surface area (Å²) in [4.78, 5) is 41.0. The summed E-state index contributed by atoms with van der Waals surface area (Å²) in [6.07, 6.45) is 0.